The highest BCUT2D eigenvalue weighted by molar-refractivity contribution is 5.96. The summed E-state index contributed by atoms with van der Waals surface area (Å²) in [4.78, 5) is 26.3. The summed E-state index contributed by atoms with van der Waals surface area (Å²) in [6, 6.07) is 75.3. The molecule has 0 spiro atoms. The van der Waals surface area contributed by atoms with Crippen molar-refractivity contribution in [2.75, 3.05) is 0 Å². The number of nitrogens with zero attached hydrogens (tertiary/aromatic N) is 5. The Bertz CT molecular complexity index is 3770. The molecule has 5 heteroatoms. The van der Waals surface area contributed by atoms with Gasteiger partial charge in [-0.3, -0.25) is 0 Å². The molecular formula is C65H47N5. The zero-order valence-electron chi connectivity index (χ0n) is 39.4. The van der Waals surface area contributed by atoms with Crippen LogP contribution >= 0.6 is 0 Å². The minimum Gasteiger partial charge on any atom is -0.228 e. The van der Waals surface area contributed by atoms with Gasteiger partial charge in [-0.15, -0.1) is 0 Å². The van der Waals surface area contributed by atoms with Gasteiger partial charge in [-0.1, -0.05) is 210 Å². The molecule has 0 radical (unpaired) electrons. The van der Waals surface area contributed by atoms with Crippen LogP contribution < -0.4 is 0 Å². The second-order valence-electron chi connectivity index (χ2n) is 19.7. The lowest BCUT2D eigenvalue weighted by Gasteiger charge is -2.22. The summed E-state index contributed by atoms with van der Waals surface area (Å²) in [6.45, 7) is 9.25. The largest absolute Gasteiger partial charge is 0.228 e. The maximum Gasteiger partial charge on any atom is 0.164 e. The zero-order chi connectivity index (χ0) is 47.1. The molecule has 0 aliphatic heterocycles. The first-order valence-electron chi connectivity index (χ1n) is 24.1. The van der Waals surface area contributed by atoms with Gasteiger partial charge in [0.25, 0.3) is 0 Å². The number of benzene rings is 9. The van der Waals surface area contributed by atoms with Crippen molar-refractivity contribution in [2.45, 2.75) is 38.5 Å². The van der Waals surface area contributed by atoms with Gasteiger partial charge in [0.2, 0.25) is 0 Å². The fourth-order valence-electron chi connectivity index (χ4n) is 11.0. The van der Waals surface area contributed by atoms with Crippen molar-refractivity contribution in [3.8, 4) is 101 Å². The van der Waals surface area contributed by atoms with E-state index in [0.29, 0.717) is 23.3 Å². The molecule has 0 unspecified atom stereocenters. The molecule has 0 N–H and O–H groups in total. The SMILES string of the molecule is CC1(C)c2ccccc2-c2ccc(-c3nc(-c4cccc(-c5cccc(-c6cc(-c7cccc8ccccc78)nc(-c7ccccc7)n6)c5)c4)nc(-c4ccc5c(c4)C(C)(C)c4ccccc4-5)n3)cc21. The minimum absolute atomic E-state index is 0.170. The molecule has 13 rings (SSSR count). The highest BCUT2D eigenvalue weighted by Gasteiger charge is 2.37. The molecule has 0 amide bonds. The first-order chi connectivity index (χ1) is 34.2. The van der Waals surface area contributed by atoms with Gasteiger partial charge in [0.15, 0.2) is 23.3 Å². The van der Waals surface area contributed by atoms with E-state index in [2.05, 4.69) is 222 Å². The van der Waals surface area contributed by atoms with Crippen molar-refractivity contribution in [1.29, 1.82) is 0 Å². The molecule has 11 aromatic rings. The van der Waals surface area contributed by atoms with Crippen LogP contribution in [0.3, 0.4) is 0 Å². The first kappa shape index (κ1) is 41.5. The van der Waals surface area contributed by atoms with Crippen molar-refractivity contribution in [1.82, 2.24) is 24.9 Å². The molecule has 0 bridgehead atoms. The fourth-order valence-corrected chi connectivity index (χ4v) is 11.0. The van der Waals surface area contributed by atoms with Gasteiger partial charge < -0.3 is 0 Å². The summed E-state index contributed by atoms with van der Waals surface area (Å²) < 4.78 is 0. The molecule has 0 saturated heterocycles. The van der Waals surface area contributed by atoms with E-state index in [1.54, 1.807) is 0 Å². The minimum atomic E-state index is -0.170. The van der Waals surface area contributed by atoms with Crippen LogP contribution in [-0.4, -0.2) is 24.9 Å². The average molecular weight is 898 g/mol. The second-order valence-corrected chi connectivity index (χ2v) is 19.7. The lowest BCUT2D eigenvalue weighted by atomic mass is 9.82. The average Bonchev–Trinajstić information content (AvgIpc) is 3.79. The second kappa shape index (κ2) is 16.0. The number of hydrogen-bond acceptors (Lipinski definition) is 5. The standard InChI is InChI=1S/C65H47N5/c1-64(2)54-29-12-10-26-49(54)51-33-31-46(37-56(51)64)62-68-61(69-63(70-62)47-32-34-52-50-27-11-13-30-55(50)65(3,4)57(52)38-47)45-24-15-22-43(36-45)42-21-14-23-44(35-42)58-39-59(67-60(66-58)41-18-6-5-7-19-41)53-28-16-20-40-17-8-9-25-48(40)53/h5-39H,1-4H3. The maximum atomic E-state index is 5.31. The molecule has 9 aromatic carbocycles. The highest BCUT2D eigenvalue weighted by Crippen LogP contribution is 2.51. The lowest BCUT2D eigenvalue weighted by molar-refractivity contribution is 0.660. The maximum absolute atomic E-state index is 5.31. The van der Waals surface area contributed by atoms with Crippen LogP contribution in [0, 0.1) is 0 Å². The van der Waals surface area contributed by atoms with Crippen LogP contribution in [0.4, 0.5) is 0 Å². The van der Waals surface area contributed by atoms with Crippen molar-refractivity contribution in [3.05, 3.63) is 235 Å². The van der Waals surface area contributed by atoms with E-state index >= 15 is 0 Å². The molecule has 70 heavy (non-hydrogen) atoms. The van der Waals surface area contributed by atoms with E-state index in [1.165, 1.54) is 49.9 Å². The Morgan fingerprint density at radius 3 is 1.30 bits per heavy atom. The molecule has 332 valence electrons. The summed E-state index contributed by atoms with van der Waals surface area (Å²) in [5.41, 5.74) is 19.7. The summed E-state index contributed by atoms with van der Waals surface area (Å²) in [6.07, 6.45) is 0. The molecular weight excluding hydrogens is 851 g/mol. The molecule has 2 aliphatic rings. The Balaban J connectivity index is 0.929. The van der Waals surface area contributed by atoms with Crippen LogP contribution in [0.15, 0.2) is 212 Å². The molecule has 2 aliphatic carbocycles. The van der Waals surface area contributed by atoms with Gasteiger partial charge in [-0.05, 0) is 96.7 Å². The predicted molar refractivity (Wildman–Crippen MR) is 286 cm³/mol. The number of aromatic nitrogens is 5. The third-order valence-electron chi connectivity index (χ3n) is 14.8. The van der Waals surface area contributed by atoms with Gasteiger partial charge in [0.05, 0.1) is 11.4 Å². The quantitative estimate of drug-likeness (QED) is 0.159. The monoisotopic (exact) mass is 897 g/mol. The number of fused-ring (bicyclic) bond motifs is 7. The Morgan fingerprint density at radius 2 is 0.671 bits per heavy atom. The third kappa shape index (κ3) is 6.80. The van der Waals surface area contributed by atoms with E-state index < -0.39 is 0 Å². The smallest absolute Gasteiger partial charge is 0.164 e. The van der Waals surface area contributed by atoms with Crippen molar-refractivity contribution < 1.29 is 0 Å². The van der Waals surface area contributed by atoms with Crippen LogP contribution in [0.5, 0.6) is 0 Å². The Kier molecular flexibility index (Phi) is 9.47. The summed E-state index contributed by atoms with van der Waals surface area (Å²) >= 11 is 0. The van der Waals surface area contributed by atoms with Crippen LogP contribution in [0.1, 0.15) is 49.9 Å². The van der Waals surface area contributed by atoms with E-state index in [-0.39, 0.29) is 10.8 Å². The fraction of sp³-hybridized carbons (Fsp3) is 0.0923. The van der Waals surface area contributed by atoms with Crippen LogP contribution in [-0.2, 0) is 10.8 Å². The normalized spacial score (nSPS) is 13.7. The molecule has 2 heterocycles. The predicted octanol–water partition coefficient (Wildman–Crippen LogP) is 16.1. The van der Waals surface area contributed by atoms with Gasteiger partial charge in [-0.25, -0.2) is 24.9 Å². The van der Waals surface area contributed by atoms with Gasteiger partial charge in [-0.2, -0.15) is 0 Å². The van der Waals surface area contributed by atoms with Crippen LogP contribution in [0.25, 0.3) is 112 Å². The van der Waals surface area contributed by atoms with Crippen LogP contribution in [0.2, 0.25) is 0 Å². The molecule has 5 nitrogen and oxygen atoms in total. The molecule has 0 saturated carbocycles. The Labute approximate surface area is 408 Å². The van der Waals surface area contributed by atoms with Gasteiger partial charge in [0.1, 0.15) is 0 Å². The topological polar surface area (TPSA) is 64.5 Å². The third-order valence-corrected chi connectivity index (χ3v) is 14.8. The Hall–Kier alpha value is -8.67. The number of hydrogen-bond donors (Lipinski definition) is 0. The van der Waals surface area contributed by atoms with E-state index in [1.807, 2.05) is 18.2 Å². The van der Waals surface area contributed by atoms with Gasteiger partial charge in [0, 0.05) is 44.2 Å². The Morgan fingerprint density at radius 1 is 0.257 bits per heavy atom. The number of rotatable bonds is 7. The molecule has 0 fully saturated rings. The van der Waals surface area contributed by atoms with E-state index in [0.717, 1.165) is 61.3 Å². The summed E-state index contributed by atoms with van der Waals surface area (Å²) in [5, 5.41) is 2.32. The van der Waals surface area contributed by atoms with E-state index in [9.17, 15) is 0 Å². The van der Waals surface area contributed by atoms with Crippen molar-refractivity contribution in [3.63, 3.8) is 0 Å². The molecule has 0 atom stereocenters. The summed E-state index contributed by atoms with van der Waals surface area (Å²) in [7, 11) is 0. The van der Waals surface area contributed by atoms with Crippen molar-refractivity contribution in [2.24, 2.45) is 0 Å². The highest BCUT2D eigenvalue weighted by atomic mass is 15.0. The van der Waals surface area contributed by atoms with E-state index in [4.69, 9.17) is 24.9 Å². The van der Waals surface area contributed by atoms with Gasteiger partial charge >= 0.3 is 0 Å². The molecule has 2 aromatic heterocycles. The summed E-state index contributed by atoms with van der Waals surface area (Å²) in [5.74, 6) is 2.59. The zero-order valence-corrected chi connectivity index (χ0v) is 39.4. The lowest BCUT2D eigenvalue weighted by Crippen LogP contribution is -2.15. The van der Waals surface area contributed by atoms with Crippen molar-refractivity contribution >= 4 is 10.8 Å². The first-order valence-corrected chi connectivity index (χ1v) is 24.1.